The van der Waals surface area contributed by atoms with Crippen LogP contribution in [-0.2, 0) is 11.3 Å². The van der Waals surface area contributed by atoms with Crippen LogP contribution < -0.4 is 10.9 Å². The summed E-state index contributed by atoms with van der Waals surface area (Å²) in [5.74, 6) is 0. The van der Waals surface area contributed by atoms with E-state index < -0.39 is 0 Å². The number of hydrogen-bond acceptors (Lipinski definition) is 3. The van der Waals surface area contributed by atoms with Crippen LogP contribution in [0.1, 0.15) is 0 Å². The molecule has 0 saturated carbocycles. The Morgan fingerprint density at radius 2 is 2.36 bits per heavy atom. The smallest absolute Gasteiger partial charge is 0.250 e. The van der Waals surface area contributed by atoms with Crippen molar-refractivity contribution in [3.8, 4) is 0 Å². The van der Waals surface area contributed by atoms with Crippen LogP contribution in [0.3, 0.4) is 0 Å². The zero-order valence-electron chi connectivity index (χ0n) is 8.56. The zero-order chi connectivity index (χ0) is 10.4. The lowest BCUT2D eigenvalue weighted by atomic mass is 10.3. The van der Waals surface area contributed by atoms with Gasteiger partial charge in [-0.25, -0.2) is 0 Å². The highest BCUT2D eigenvalue weighted by atomic mass is 16.5. The van der Waals surface area contributed by atoms with E-state index in [1.807, 2.05) is 13.1 Å². The Kier molecular flexibility index (Phi) is 4.35. The SMILES string of the molecule is CNC(COC)Cn1ccccc1=O. The average Bonchev–Trinajstić information content (AvgIpc) is 2.20. The van der Waals surface area contributed by atoms with Crippen LogP contribution in [0.2, 0.25) is 0 Å². The summed E-state index contributed by atoms with van der Waals surface area (Å²) in [7, 11) is 3.51. The number of ether oxygens (including phenoxy) is 1. The minimum absolute atomic E-state index is 0.0175. The molecule has 0 aliphatic rings. The Balaban J connectivity index is 2.67. The number of pyridine rings is 1. The zero-order valence-corrected chi connectivity index (χ0v) is 8.56. The normalized spacial score (nSPS) is 12.7. The van der Waals surface area contributed by atoms with Crippen molar-refractivity contribution in [1.82, 2.24) is 9.88 Å². The summed E-state index contributed by atoms with van der Waals surface area (Å²) in [4.78, 5) is 11.4. The molecule has 4 heteroatoms. The molecule has 0 fully saturated rings. The summed E-state index contributed by atoms with van der Waals surface area (Å²) in [6.07, 6.45) is 1.78. The standard InChI is InChI=1S/C10H16N2O2/c1-11-9(8-14-2)7-12-6-4-3-5-10(12)13/h3-6,9,11H,7-8H2,1-2H3. The number of rotatable bonds is 5. The Labute approximate surface area is 83.5 Å². The molecule has 1 unspecified atom stereocenters. The van der Waals surface area contributed by atoms with Crippen LogP contribution in [0.25, 0.3) is 0 Å². The fourth-order valence-electron chi connectivity index (χ4n) is 1.28. The van der Waals surface area contributed by atoms with Gasteiger partial charge in [-0.1, -0.05) is 6.07 Å². The van der Waals surface area contributed by atoms with E-state index in [0.717, 1.165) is 0 Å². The van der Waals surface area contributed by atoms with E-state index in [2.05, 4.69) is 5.32 Å². The third kappa shape index (κ3) is 2.97. The maximum Gasteiger partial charge on any atom is 0.250 e. The van der Waals surface area contributed by atoms with Crippen LogP contribution in [0.5, 0.6) is 0 Å². The molecule has 1 atom stereocenters. The highest BCUT2D eigenvalue weighted by Crippen LogP contribution is 1.89. The molecule has 0 aromatic carbocycles. The van der Waals surface area contributed by atoms with Crippen molar-refractivity contribution < 1.29 is 4.74 Å². The van der Waals surface area contributed by atoms with Crippen molar-refractivity contribution in [3.63, 3.8) is 0 Å². The van der Waals surface area contributed by atoms with Gasteiger partial charge in [0.1, 0.15) is 0 Å². The fraction of sp³-hybridized carbons (Fsp3) is 0.500. The molecule has 0 aliphatic carbocycles. The van der Waals surface area contributed by atoms with Gasteiger partial charge in [0.25, 0.3) is 5.56 Å². The molecule has 1 aromatic rings. The third-order valence-corrected chi connectivity index (χ3v) is 2.09. The largest absolute Gasteiger partial charge is 0.383 e. The first-order chi connectivity index (χ1) is 6.77. The lowest BCUT2D eigenvalue weighted by molar-refractivity contribution is 0.162. The van der Waals surface area contributed by atoms with Crippen molar-refractivity contribution in [2.75, 3.05) is 20.8 Å². The number of methoxy groups -OCH3 is 1. The van der Waals surface area contributed by atoms with E-state index >= 15 is 0 Å². The number of nitrogens with zero attached hydrogens (tertiary/aromatic N) is 1. The second-order valence-electron chi connectivity index (χ2n) is 3.13. The van der Waals surface area contributed by atoms with Crippen LogP contribution >= 0.6 is 0 Å². The van der Waals surface area contributed by atoms with Gasteiger partial charge in [-0.2, -0.15) is 0 Å². The first-order valence-electron chi connectivity index (χ1n) is 4.59. The summed E-state index contributed by atoms with van der Waals surface area (Å²) in [5, 5.41) is 3.09. The van der Waals surface area contributed by atoms with Gasteiger partial charge in [-0.15, -0.1) is 0 Å². The van der Waals surface area contributed by atoms with Gasteiger partial charge in [0, 0.05) is 32.0 Å². The van der Waals surface area contributed by atoms with Crippen molar-refractivity contribution >= 4 is 0 Å². The Bertz CT molecular complexity index is 322. The van der Waals surface area contributed by atoms with Crippen molar-refractivity contribution in [1.29, 1.82) is 0 Å². The van der Waals surface area contributed by atoms with E-state index in [-0.39, 0.29) is 11.6 Å². The molecule has 0 saturated heterocycles. The highest BCUT2D eigenvalue weighted by Gasteiger charge is 2.06. The summed E-state index contributed by atoms with van der Waals surface area (Å²) >= 11 is 0. The number of aromatic nitrogens is 1. The lowest BCUT2D eigenvalue weighted by Crippen LogP contribution is -2.37. The molecule has 0 aliphatic heterocycles. The maximum atomic E-state index is 11.4. The number of nitrogens with one attached hydrogen (secondary N) is 1. The van der Waals surface area contributed by atoms with E-state index in [1.54, 1.807) is 30.0 Å². The topological polar surface area (TPSA) is 43.3 Å². The van der Waals surface area contributed by atoms with Gasteiger partial charge in [0.2, 0.25) is 0 Å². The molecule has 0 radical (unpaired) electrons. The predicted octanol–water partition coefficient (Wildman–Crippen LogP) is 0.0827. The van der Waals surface area contributed by atoms with Gasteiger partial charge < -0.3 is 14.6 Å². The van der Waals surface area contributed by atoms with Crippen LogP contribution in [0, 0.1) is 0 Å². The summed E-state index contributed by atoms with van der Waals surface area (Å²) < 4.78 is 6.70. The molecule has 1 aromatic heterocycles. The summed E-state index contributed by atoms with van der Waals surface area (Å²) in [5.41, 5.74) is 0.0175. The van der Waals surface area contributed by atoms with Crippen molar-refractivity contribution in [3.05, 3.63) is 34.7 Å². The molecule has 0 spiro atoms. The molecule has 78 valence electrons. The van der Waals surface area contributed by atoms with E-state index in [0.29, 0.717) is 13.2 Å². The van der Waals surface area contributed by atoms with E-state index in [9.17, 15) is 4.79 Å². The van der Waals surface area contributed by atoms with Crippen molar-refractivity contribution in [2.24, 2.45) is 0 Å². The minimum atomic E-state index is 0.0175. The first kappa shape index (κ1) is 10.9. The lowest BCUT2D eigenvalue weighted by Gasteiger charge is -2.16. The van der Waals surface area contributed by atoms with E-state index in [1.165, 1.54) is 0 Å². The molecular formula is C10H16N2O2. The van der Waals surface area contributed by atoms with Gasteiger partial charge in [0.05, 0.1) is 6.61 Å². The first-order valence-corrected chi connectivity index (χ1v) is 4.59. The average molecular weight is 196 g/mol. The van der Waals surface area contributed by atoms with Crippen LogP contribution in [0.4, 0.5) is 0 Å². The van der Waals surface area contributed by atoms with Crippen LogP contribution in [-0.4, -0.2) is 31.4 Å². The summed E-state index contributed by atoms with van der Waals surface area (Å²) in [6.45, 7) is 1.22. The fourth-order valence-corrected chi connectivity index (χ4v) is 1.28. The number of hydrogen-bond donors (Lipinski definition) is 1. The van der Waals surface area contributed by atoms with Gasteiger partial charge >= 0.3 is 0 Å². The molecule has 14 heavy (non-hydrogen) atoms. The van der Waals surface area contributed by atoms with Gasteiger partial charge in [-0.3, -0.25) is 4.79 Å². The third-order valence-electron chi connectivity index (χ3n) is 2.09. The molecular weight excluding hydrogens is 180 g/mol. The second kappa shape index (κ2) is 5.57. The Morgan fingerprint density at radius 3 is 2.93 bits per heavy atom. The maximum absolute atomic E-state index is 11.4. The van der Waals surface area contributed by atoms with Crippen LogP contribution in [0.15, 0.2) is 29.2 Å². The van der Waals surface area contributed by atoms with Gasteiger partial charge in [-0.05, 0) is 13.1 Å². The Morgan fingerprint density at radius 1 is 1.57 bits per heavy atom. The second-order valence-corrected chi connectivity index (χ2v) is 3.13. The molecule has 1 N–H and O–H groups in total. The summed E-state index contributed by atoms with van der Waals surface area (Å²) in [6, 6.07) is 5.31. The molecule has 4 nitrogen and oxygen atoms in total. The monoisotopic (exact) mass is 196 g/mol. The van der Waals surface area contributed by atoms with Crippen molar-refractivity contribution in [2.45, 2.75) is 12.6 Å². The minimum Gasteiger partial charge on any atom is -0.383 e. The number of likely N-dealkylation sites (N-methyl/N-ethyl adjacent to an activating group) is 1. The highest BCUT2D eigenvalue weighted by molar-refractivity contribution is 4.93. The molecule has 1 heterocycles. The predicted molar refractivity (Wildman–Crippen MR) is 55.4 cm³/mol. The quantitative estimate of drug-likeness (QED) is 0.725. The Hall–Kier alpha value is -1.13. The molecule has 0 amide bonds. The molecule has 0 bridgehead atoms. The van der Waals surface area contributed by atoms with E-state index in [4.69, 9.17) is 4.74 Å². The molecule has 1 rings (SSSR count). The van der Waals surface area contributed by atoms with Gasteiger partial charge in [0.15, 0.2) is 0 Å².